The molecule has 1 rings (SSSR count). The van der Waals surface area contributed by atoms with E-state index in [-0.39, 0.29) is 11.8 Å². The van der Waals surface area contributed by atoms with E-state index in [0.717, 1.165) is 24.2 Å². The summed E-state index contributed by atoms with van der Waals surface area (Å²) in [5.74, 6) is 0.438. The van der Waals surface area contributed by atoms with Crippen LogP contribution in [0.2, 0.25) is 0 Å². The van der Waals surface area contributed by atoms with Crippen LogP contribution >= 0.6 is 0 Å². The van der Waals surface area contributed by atoms with E-state index in [0.29, 0.717) is 6.42 Å². The van der Waals surface area contributed by atoms with E-state index >= 15 is 0 Å². The van der Waals surface area contributed by atoms with Gasteiger partial charge in [0.15, 0.2) is 9.84 Å². The van der Waals surface area contributed by atoms with E-state index in [1.54, 1.807) is 14.0 Å². The number of hydrogen-bond donors (Lipinski definition) is 1. The molecule has 130 valence electrons. The number of carbonyl (C=O) groups is 1. The van der Waals surface area contributed by atoms with Gasteiger partial charge in [-0.2, -0.15) is 0 Å². The van der Waals surface area contributed by atoms with Gasteiger partial charge in [0.2, 0.25) is 5.91 Å². The average Bonchev–Trinajstić information content (AvgIpc) is 2.52. The van der Waals surface area contributed by atoms with Crippen molar-refractivity contribution in [2.24, 2.45) is 0 Å². The lowest BCUT2D eigenvalue weighted by atomic mass is 10.1. The number of ether oxygens (including phenoxy) is 1. The van der Waals surface area contributed by atoms with Crippen LogP contribution < -0.4 is 10.1 Å². The number of benzene rings is 1. The Kier molecular flexibility index (Phi) is 7.55. The predicted molar refractivity (Wildman–Crippen MR) is 92.5 cm³/mol. The van der Waals surface area contributed by atoms with Crippen LogP contribution in [0.4, 0.5) is 0 Å². The largest absolute Gasteiger partial charge is 0.497 e. The van der Waals surface area contributed by atoms with Crippen molar-refractivity contribution in [2.45, 2.75) is 51.3 Å². The van der Waals surface area contributed by atoms with Crippen LogP contribution in [0.3, 0.4) is 0 Å². The standard InChI is InChI=1S/C17H27NO4S/c1-5-12-23(20,21)14(3)17(19)18-13(2)6-7-15-8-10-16(22-4)11-9-15/h8-11,13-14H,5-7,12H2,1-4H3,(H,18,19). The summed E-state index contributed by atoms with van der Waals surface area (Å²) in [7, 11) is -1.73. The first-order valence-corrected chi connectivity index (χ1v) is 9.66. The van der Waals surface area contributed by atoms with Crippen LogP contribution in [0.25, 0.3) is 0 Å². The van der Waals surface area contributed by atoms with Crippen molar-refractivity contribution in [1.82, 2.24) is 5.32 Å². The van der Waals surface area contributed by atoms with E-state index in [2.05, 4.69) is 5.32 Å². The predicted octanol–water partition coefficient (Wildman–Crippen LogP) is 2.35. The topological polar surface area (TPSA) is 72.5 Å². The molecule has 0 radical (unpaired) electrons. The molecule has 0 spiro atoms. The number of rotatable bonds is 9. The summed E-state index contributed by atoms with van der Waals surface area (Å²) in [6.07, 6.45) is 2.08. The van der Waals surface area contributed by atoms with Gasteiger partial charge in [0.1, 0.15) is 11.0 Å². The smallest absolute Gasteiger partial charge is 0.238 e. The van der Waals surface area contributed by atoms with Gasteiger partial charge in [0.05, 0.1) is 12.9 Å². The molecule has 0 heterocycles. The molecule has 0 aliphatic rings. The molecule has 0 bridgehead atoms. The van der Waals surface area contributed by atoms with Crippen molar-refractivity contribution in [1.29, 1.82) is 0 Å². The van der Waals surface area contributed by atoms with E-state index in [1.165, 1.54) is 6.92 Å². The van der Waals surface area contributed by atoms with Crippen molar-refractivity contribution in [2.75, 3.05) is 12.9 Å². The molecule has 5 nitrogen and oxygen atoms in total. The lowest BCUT2D eigenvalue weighted by molar-refractivity contribution is -0.121. The van der Waals surface area contributed by atoms with Gasteiger partial charge >= 0.3 is 0 Å². The van der Waals surface area contributed by atoms with Crippen LogP contribution in [0.1, 0.15) is 39.2 Å². The molecule has 1 aromatic rings. The fourth-order valence-electron chi connectivity index (χ4n) is 2.23. The zero-order chi connectivity index (χ0) is 17.5. The molecule has 0 aliphatic carbocycles. The molecule has 0 saturated heterocycles. The van der Waals surface area contributed by atoms with E-state index in [9.17, 15) is 13.2 Å². The summed E-state index contributed by atoms with van der Waals surface area (Å²) in [4.78, 5) is 12.1. The molecule has 1 N–H and O–H groups in total. The Hall–Kier alpha value is -1.56. The molecular formula is C17H27NO4S. The Labute approximate surface area is 139 Å². The molecule has 0 aliphatic heterocycles. The number of methoxy groups -OCH3 is 1. The number of aryl methyl sites for hydroxylation is 1. The third-order valence-corrected chi connectivity index (χ3v) is 6.08. The molecule has 1 amide bonds. The maximum absolute atomic E-state index is 12.1. The summed E-state index contributed by atoms with van der Waals surface area (Å²) in [5, 5.41) is 1.80. The van der Waals surface area contributed by atoms with Gasteiger partial charge in [0, 0.05) is 6.04 Å². The van der Waals surface area contributed by atoms with Crippen LogP contribution in [0.15, 0.2) is 24.3 Å². The van der Waals surface area contributed by atoms with Gasteiger partial charge in [0.25, 0.3) is 0 Å². The molecule has 1 aromatic carbocycles. The van der Waals surface area contributed by atoms with Crippen molar-refractivity contribution in [3.05, 3.63) is 29.8 Å². The van der Waals surface area contributed by atoms with Gasteiger partial charge in [-0.3, -0.25) is 4.79 Å². The molecular weight excluding hydrogens is 314 g/mol. The third-order valence-electron chi connectivity index (χ3n) is 3.81. The number of hydrogen-bond acceptors (Lipinski definition) is 4. The summed E-state index contributed by atoms with van der Waals surface area (Å²) < 4.78 is 29.0. The Morgan fingerprint density at radius 2 is 1.83 bits per heavy atom. The van der Waals surface area contributed by atoms with Crippen LogP contribution in [-0.4, -0.2) is 38.5 Å². The van der Waals surface area contributed by atoms with Gasteiger partial charge in [-0.1, -0.05) is 19.1 Å². The highest BCUT2D eigenvalue weighted by molar-refractivity contribution is 7.92. The Morgan fingerprint density at radius 3 is 2.35 bits per heavy atom. The number of sulfone groups is 1. The first-order chi connectivity index (χ1) is 10.8. The fraction of sp³-hybridized carbons (Fsp3) is 0.588. The average molecular weight is 341 g/mol. The number of nitrogens with one attached hydrogen (secondary N) is 1. The monoisotopic (exact) mass is 341 g/mol. The van der Waals surface area contributed by atoms with E-state index < -0.39 is 21.0 Å². The van der Waals surface area contributed by atoms with E-state index in [4.69, 9.17) is 4.74 Å². The van der Waals surface area contributed by atoms with Gasteiger partial charge < -0.3 is 10.1 Å². The summed E-state index contributed by atoms with van der Waals surface area (Å²) in [6, 6.07) is 7.70. The SMILES string of the molecule is CCCS(=O)(=O)C(C)C(=O)NC(C)CCc1ccc(OC)cc1. The zero-order valence-corrected chi connectivity index (χ0v) is 15.2. The van der Waals surface area contributed by atoms with Gasteiger partial charge in [-0.15, -0.1) is 0 Å². The summed E-state index contributed by atoms with van der Waals surface area (Å²) in [5.41, 5.74) is 1.15. The minimum atomic E-state index is -3.36. The van der Waals surface area contributed by atoms with Crippen molar-refractivity contribution >= 4 is 15.7 Å². The molecule has 0 fully saturated rings. The lowest BCUT2D eigenvalue weighted by Crippen LogP contribution is -2.43. The van der Waals surface area contributed by atoms with Crippen molar-refractivity contribution < 1.29 is 17.9 Å². The highest BCUT2D eigenvalue weighted by Crippen LogP contribution is 2.13. The maximum Gasteiger partial charge on any atom is 0.238 e. The highest BCUT2D eigenvalue weighted by Gasteiger charge is 2.27. The Morgan fingerprint density at radius 1 is 1.22 bits per heavy atom. The zero-order valence-electron chi connectivity index (χ0n) is 14.3. The quantitative estimate of drug-likeness (QED) is 0.748. The van der Waals surface area contributed by atoms with E-state index in [1.807, 2.05) is 31.2 Å². The third kappa shape index (κ3) is 6.22. The molecule has 0 aromatic heterocycles. The minimum absolute atomic E-state index is 0.0435. The first kappa shape index (κ1) is 19.5. The second-order valence-corrected chi connectivity index (χ2v) is 8.25. The molecule has 2 unspecified atom stereocenters. The lowest BCUT2D eigenvalue weighted by Gasteiger charge is -2.18. The molecule has 0 saturated carbocycles. The number of amides is 1. The summed E-state index contributed by atoms with van der Waals surface area (Å²) in [6.45, 7) is 5.14. The van der Waals surface area contributed by atoms with Crippen LogP contribution in [0.5, 0.6) is 5.75 Å². The Balaban J connectivity index is 2.49. The molecule has 6 heteroatoms. The second-order valence-electron chi connectivity index (χ2n) is 5.81. The normalized spacial score (nSPS) is 14.1. The second kappa shape index (κ2) is 8.91. The fourth-order valence-corrected chi connectivity index (χ4v) is 3.55. The minimum Gasteiger partial charge on any atom is -0.497 e. The van der Waals surface area contributed by atoms with Gasteiger partial charge in [-0.25, -0.2) is 8.42 Å². The van der Waals surface area contributed by atoms with Crippen LogP contribution in [0, 0.1) is 0 Å². The Bertz CT molecular complexity index is 596. The first-order valence-electron chi connectivity index (χ1n) is 7.95. The molecule has 2 atom stereocenters. The van der Waals surface area contributed by atoms with Crippen LogP contribution in [-0.2, 0) is 21.1 Å². The van der Waals surface area contributed by atoms with Crippen molar-refractivity contribution in [3.8, 4) is 5.75 Å². The molecule has 23 heavy (non-hydrogen) atoms. The highest BCUT2D eigenvalue weighted by atomic mass is 32.2. The van der Waals surface area contributed by atoms with Crippen molar-refractivity contribution in [3.63, 3.8) is 0 Å². The maximum atomic E-state index is 12.1. The number of carbonyl (C=O) groups excluding carboxylic acids is 1. The van der Waals surface area contributed by atoms with Gasteiger partial charge in [-0.05, 0) is 50.8 Å². The summed E-state index contributed by atoms with van der Waals surface area (Å²) >= 11 is 0.